The van der Waals surface area contributed by atoms with Gasteiger partial charge in [0.25, 0.3) is 5.69 Å². The molecule has 0 aliphatic heterocycles. The number of carbonyl (C=O) groups excluding carboxylic acids is 1. The quantitative estimate of drug-likeness (QED) is 0.472. The van der Waals surface area contributed by atoms with Crippen molar-refractivity contribution in [2.24, 2.45) is 5.10 Å². The van der Waals surface area contributed by atoms with Crippen LogP contribution in [-0.4, -0.2) is 23.7 Å². The molecule has 0 fully saturated rings. The standard InChI is InChI=1S/C17H14N4O4/c18-9-10-25-16-4-2-1-3-14(16)12-19-20-17(22)11-13-5-7-15(8-6-13)21(23)24/h1-8,12H,10-11H2,(H,20,22)/b19-12-. The molecule has 2 aromatic carbocycles. The Kier molecular flexibility index (Phi) is 6.19. The van der Waals surface area contributed by atoms with Crippen LogP contribution in [0.1, 0.15) is 11.1 Å². The zero-order valence-electron chi connectivity index (χ0n) is 13.1. The van der Waals surface area contributed by atoms with Crippen LogP contribution in [0.25, 0.3) is 0 Å². The molecule has 1 N–H and O–H groups in total. The fourth-order valence-electron chi connectivity index (χ4n) is 1.96. The van der Waals surface area contributed by atoms with Crippen LogP contribution in [0.15, 0.2) is 53.6 Å². The van der Waals surface area contributed by atoms with Crippen molar-refractivity contribution in [3.05, 3.63) is 69.8 Å². The van der Waals surface area contributed by atoms with Crippen LogP contribution in [0.3, 0.4) is 0 Å². The summed E-state index contributed by atoms with van der Waals surface area (Å²) in [6.07, 6.45) is 1.46. The Bertz CT molecular complexity index is 825. The molecule has 0 aliphatic carbocycles. The molecule has 2 aromatic rings. The van der Waals surface area contributed by atoms with Gasteiger partial charge in [-0.25, -0.2) is 5.43 Å². The smallest absolute Gasteiger partial charge is 0.269 e. The second kappa shape index (κ2) is 8.79. The number of nitrogens with zero attached hydrogens (tertiary/aromatic N) is 3. The van der Waals surface area contributed by atoms with E-state index in [1.54, 1.807) is 24.3 Å². The molecule has 8 nitrogen and oxygen atoms in total. The number of nitro groups is 1. The molecule has 0 saturated heterocycles. The number of nitro benzene ring substituents is 1. The van der Waals surface area contributed by atoms with Gasteiger partial charge < -0.3 is 4.74 Å². The van der Waals surface area contributed by atoms with Crippen molar-refractivity contribution in [1.29, 1.82) is 5.26 Å². The number of para-hydroxylation sites is 1. The molecule has 126 valence electrons. The minimum Gasteiger partial charge on any atom is -0.478 e. The van der Waals surface area contributed by atoms with Crippen LogP contribution in [0, 0.1) is 21.4 Å². The number of nitrogens with one attached hydrogen (secondary N) is 1. The van der Waals surface area contributed by atoms with Gasteiger partial charge in [0.15, 0.2) is 6.61 Å². The monoisotopic (exact) mass is 338 g/mol. The minimum absolute atomic E-state index is 0.0313. The minimum atomic E-state index is -0.500. The molecule has 8 heteroatoms. The Morgan fingerprint density at radius 1 is 1.28 bits per heavy atom. The van der Waals surface area contributed by atoms with Crippen LogP contribution in [0.4, 0.5) is 5.69 Å². The van der Waals surface area contributed by atoms with Crippen LogP contribution < -0.4 is 10.2 Å². The van der Waals surface area contributed by atoms with Crippen molar-refractivity contribution < 1.29 is 14.5 Å². The summed E-state index contributed by atoms with van der Waals surface area (Å²) in [5.74, 6) is 0.123. The van der Waals surface area contributed by atoms with E-state index in [1.165, 1.54) is 30.5 Å². The van der Waals surface area contributed by atoms with E-state index in [9.17, 15) is 14.9 Å². The molecule has 25 heavy (non-hydrogen) atoms. The second-order valence-electron chi connectivity index (χ2n) is 4.88. The summed E-state index contributed by atoms with van der Waals surface area (Å²) in [4.78, 5) is 21.9. The maximum Gasteiger partial charge on any atom is 0.269 e. The Labute approximate surface area is 143 Å². The summed E-state index contributed by atoms with van der Waals surface area (Å²) in [5.41, 5.74) is 3.60. The molecule has 0 atom stereocenters. The average molecular weight is 338 g/mol. The van der Waals surface area contributed by atoms with E-state index in [2.05, 4.69) is 10.5 Å². The van der Waals surface area contributed by atoms with E-state index in [-0.39, 0.29) is 24.6 Å². The first-order valence-electron chi connectivity index (χ1n) is 7.24. The normalized spacial score (nSPS) is 10.2. The van der Waals surface area contributed by atoms with E-state index < -0.39 is 4.92 Å². The molecule has 2 rings (SSSR count). The summed E-state index contributed by atoms with van der Waals surface area (Å²) < 4.78 is 5.25. The third-order valence-electron chi connectivity index (χ3n) is 3.12. The summed E-state index contributed by atoms with van der Waals surface area (Å²) in [6.45, 7) is -0.0860. The van der Waals surface area contributed by atoms with Gasteiger partial charge in [-0.3, -0.25) is 14.9 Å². The van der Waals surface area contributed by atoms with E-state index in [0.29, 0.717) is 16.9 Å². The van der Waals surface area contributed by atoms with Gasteiger partial charge in [0, 0.05) is 17.7 Å². The van der Waals surface area contributed by atoms with E-state index >= 15 is 0 Å². The Hall–Kier alpha value is -3.73. The molecule has 0 heterocycles. The average Bonchev–Trinajstić information content (AvgIpc) is 2.61. The van der Waals surface area contributed by atoms with Gasteiger partial charge in [-0.2, -0.15) is 10.4 Å². The Balaban J connectivity index is 1.92. The van der Waals surface area contributed by atoms with Gasteiger partial charge >= 0.3 is 0 Å². The number of rotatable bonds is 7. The lowest BCUT2D eigenvalue weighted by atomic mass is 10.1. The van der Waals surface area contributed by atoms with Crippen molar-refractivity contribution in [2.45, 2.75) is 6.42 Å². The van der Waals surface area contributed by atoms with Crippen LogP contribution >= 0.6 is 0 Å². The highest BCUT2D eigenvalue weighted by Gasteiger charge is 2.07. The predicted octanol–water partition coefficient (Wildman–Crippen LogP) is 2.19. The summed E-state index contributed by atoms with van der Waals surface area (Å²) in [6, 6.07) is 14.6. The number of carbonyl (C=O) groups is 1. The molecule has 0 unspecified atom stereocenters. The summed E-state index contributed by atoms with van der Waals surface area (Å²) in [5, 5.41) is 23.0. The van der Waals surface area contributed by atoms with Gasteiger partial charge in [-0.1, -0.05) is 24.3 Å². The highest BCUT2D eigenvalue weighted by Crippen LogP contribution is 2.15. The van der Waals surface area contributed by atoms with Crippen LogP contribution in [-0.2, 0) is 11.2 Å². The molecule has 0 spiro atoms. The fraction of sp³-hybridized carbons (Fsp3) is 0.118. The molecular formula is C17H14N4O4. The molecule has 0 radical (unpaired) electrons. The third kappa shape index (κ3) is 5.44. The largest absolute Gasteiger partial charge is 0.478 e. The molecule has 0 saturated carbocycles. The summed E-state index contributed by atoms with van der Waals surface area (Å²) >= 11 is 0. The predicted molar refractivity (Wildman–Crippen MR) is 90.1 cm³/mol. The van der Waals surface area contributed by atoms with Gasteiger partial charge in [0.05, 0.1) is 17.6 Å². The lowest BCUT2D eigenvalue weighted by Crippen LogP contribution is -2.19. The van der Waals surface area contributed by atoms with Gasteiger partial charge in [-0.15, -0.1) is 0 Å². The van der Waals surface area contributed by atoms with Crippen molar-refractivity contribution in [1.82, 2.24) is 5.43 Å². The van der Waals surface area contributed by atoms with E-state index in [1.807, 2.05) is 6.07 Å². The van der Waals surface area contributed by atoms with Crippen LogP contribution in [0.5, 0.6) is 5.75 Å². The first-order chi connectivity index (χ1) is 12.1. The van der Waals surface area contributed by atoms with Gasteiger partial charge in [0.2, 0.25) is 5.91 Å². The number of hydrazone groups is 1. The topological polar surface area (TPSA) is 118 Å². The number of benzene rings is 2. The summed E-state index contributed by atoms with van der Waals surface area (Å²) in [7, 11) is 0. The van der Waals surface area contributed by atoms with E-state index in [0.717, 1.165) is 0 Å². The first-order valence-corrected chi connectivity index (χ1v) is 7.24. The fourth-order valence-corrected chi connectivity index (χ4v) is 1.96. The van der Waals surface area contributed by atoms with Crippen LogP contribution in [0.2, 0.25) is 0 Å². The highest BCUT2D eigenvalue weighted by atomic mass is 16.6. The van der Waals surface area contributed by atoms with Crippen molar-refractivity contribution in [2.75, 3.05) is 6.61 Å². The lowest BCUT2D eigenvalue weighted by molar-refractivity contribution is -0.384. The number of hydrogen-bond donors (Lipinski definition) is 1. The van der Waals surface area contributed by atoms with Gasteiger partial charge in [-0.05, 0) is 17.7 Å². The lowest BCUT2D eigenvalue weighted by Gasteiger charge is -2.05. The van der Waals surface area contributed by atoms with Gasteiger partial charge in [0.1, 0.15) is 11.8 Å². The molecule has 0 bridgehead atoms. The second-order valence-corrected chi connectivity index (χ2v) is 4.88. The SMILES string of the molecule is N#CCOc1ccccc1/C=N\NC(=O)Cc1ccc([N+](=O)[O-])cc1. The molecular weight excluding hydrogens is 324 g/mol. The number of amides is 1. The number of nitriles is 1. The van der Waals surface area contributed by atoms with Crippen molar-refractivity contribution >= 4 is 17.8 Å². The zero-order valence-corrected chi connectivity index (χ0v) is 13.1. The first kappa shape index (κ1) is 17.6. The van der Waals surface area contributed by atoms with Crippen molar-refractivity contribution in [3.8, 4) is 11.8 Å². The maximum absolute atomic E-state index is 11.8. The molecule has 1 amide bonds. The van der Waals surface area contributed by atoms with E-state index in [4.69, 9.17) is 10.00 Å². The van der Waals surface area contributed by atoms with Crippen molar-refractivity contribution in [3.63, 3.8) is 0 Å². The third-order valence-corrected chi connectivity index (χ3v) is 3.12. The Morgan fingerprint density at radius 2 is 2.00 bits per heavy atom. The Morgan fingerprint density at radius 3 is 2.68 bits per heavy atom. The molecule has 0 aromatic heterocycles. The number of ether oxygens (including phenoxy) is 1. The maximum atomic E-state index is 11.8. The molecule has 0 aliphatic rings. The number of non-ortho nitro benzene ring substituents is 1. The number of hydrogen-bond acceptors (Lipinski definition) is 6. The highest BCUT2D eigenvalue weighted by molar-refractivity contribution is 5.85. The zero-order chi connectivity index (χ0) is 18.1.